The summed E-state index contributed by atoms with van der Waals surface area (Å²) in [6.07, 6.45) is 8.21. The van der Waals surface area contributed by atoms with Crippen LogP contribution in [0.3, 0.4) is 0 Å². The molecule has 1 N–H and O–H groups in total. The lowest BCUT2D eigenvalue weighted by atomic mass is 10.3. The molecule has 4 aromatic rings. The van der Waals surface area contributed by atoms with Gasteiger partial charge in [-0.3, -0.25) is 9.20 Å². The SMILES string of the molecule is O=C(Cc1cn2ccsc2n1)Nc1cc(-n2cncn2)ncn1. The van der Waals surface area contributed by atoms with Gasteiger partial charge in [-0.1, -0.05) is 0 Å². The lowest BCUT2D eigenvalue weighted by molar-refractivity contribution is -0.115. The lowest BCUT2D eigenvalue weighted by Crippen LogP contribution is -2.16. The largest absolute Gasteiger partial charge is 0.310 e. The molecule has 0 bridgehead atoms. The van der Waals surface area contributed by atoms with Crippen molar-refractivity contribution < 1.29 is 4.79 Å². The fourth-order valence-corrected chi connectivity index (χ4v) is 2.80. The summed E-state index contributed by atoms with van der Waals surface area (Å²) < 4.78 is 3.38. The van der Waals surface area contributed by atoms with Crippen LogP contribution in [0.1, 0.15) is 5.69 Å². The van der Waals surface area contributed by atoms with E-state index in [0.717, 1.165) is 4.96 Å². The van der Waals surface area contributed by atoms with Crippen LogP contribution in [0.5, 0.6) is 0 Å². The zero-order chi connectivity index (χ0) is 15.6. The summed E-state index contributed by atoms with van der Waals surface area (Å²) in [5.74, 6) is 0.728. The fraction of sp³-hybridized carbons (Fsp3) is 0.0769. The van der Waals surface area contributed by atoms with Crippen molar-refractivity contribution in [3.63, 3.8) is 0 Å². The molecule has 0 saturated carbocycles. The van der Waals surface area contributed by atoms with E-state index in [1.54, 1.807) is 6.07 Å². The van der Waals surface area contributed by atoms with E-state index in [0.29, 0.717) is 17.3 Å². The molecule has 114 valence electrons. The predicted octanol–water partition coefficient (Wildman–Crippen LogP) is 0.948. The first-order chi connectivity index (χ1) is 11.3. The van der Waals surface area contributed by atoms with Gasteiger partial charge >= 0.3 is 0 Å². The fourth-order valence-electron chi connectivity index (χ4n) is 2.08. The van der Waals surface area contributed by atoms with Crippen LogP contribution in [0.15, 0.2) is 42.8 Å². The normalized spacial score (nSPS) is 11.0. The van der Waals surface area contributed by atoms with Crippen LogP contribution in [0.2, 0.25) is 0 Å². The van der Waals surface area contributed by atoms with E-state index in [1.807, 2.05) is 22.2 Å². The number of thiazole rings is 1. The van der Waals surface area contributed by atoms with Gasteiger partial charge in [0.1, 0.15) is 24.8 Å². The van der Waals surface area contributed by atoms with E-state index >= 15 is 0 Å². The summed E-state index contributed by atoms with van der Waals surface area (Å²) in [5, 5.41) is 8.66. The van der Waals surface area contributed by atoms with Crippen molar-refractivity contribution in [2.45, 2.75) is 6.42 Å². The zero-order valence-corrected chi connectivity index (χ0v) is 12.5. The Kier molecular flexibility index (Phi) is 3.27. The van der Waals surface area contributed by atoms with Crippen LogP contribution in [0.4, 0.5) is 5.82 Å². The van der Waals surface area contributed by atoms with Gasteiger partial charge in [0.05, 0.1) is 12.1 Å². The minimum Gasteiger partial charge on any atom is -0.310 e. The molecule has 0 radical (unpaired) electrons. The van der Waals surface area contributed by atoms with Crippen molar-refractivity contribution in [1.29, 1.82) is 0 Å². The molecule has 0 aliphatic carbocycles. The molecule has 9 nitrogen and oxygen atoms in total. The van der Waals surface area contributed by atoms with E-state index in [9.17, 15) is 4.79 Å². The van der Waals surface area contributed by atoms with Crippen molar-refractivity contribution >= 4 is 28.0 Å². The van der Waals surface area contributed by atoms with Gasteiger partial charge in [0, 0.05) is 23.8 Å². The van der Waals surface area contributed by atoms with Crippen LogP contribution >= 0.6 is 11.3 Å². The lowest BCUT2D eigenvalue weighted by Gasteiger charge is -2.04. The maximum Gasteiger partial charge on any atom is 0.231 e. The van der Waals surface area contributed by atoms with Gasteiger partial charge in [-0.2, -0.15) is 5.10 Å². The van der Waals surface area contributed by atoms with Gasteiger partial charge in [-0.15, -0.1) is 11.3 Å². The maximum atomic E-state index is 12.1. The monoisotopic (exact) mass is 326 g/mol. The Hall–Kier alpha value is -3.14. The summed E-state index contributed by atoms with van der Waals surface area (Å²) in [6.45, 7) is 0. The molecular formula is C13H10N8OS. The molecule has 0 aromatic carbocycles. The molecule has 1 amide bonds. The molecule has 4 rings (SSSR count). The number of carbonyl (C=O) groups is 1. The van der Waals surface area contributed by atoms with E-state index in [4.69, 9.17) is 0 Å². The van der Waals surface area contributed by atoms with Crippen molar-refractivity contribution in [2.24, 2.45) is 0 Å². The van der Waals surface area contributed by atoms with Gasteiger partial charge in [0.15, 0.2) is 10.8 Å². The number of hydrogen-bond donors (Lipinski definition) is 1. The van der Waals surface area contributed by atoms with Gasteiger partial charge in [-0.25, -0.2) is 24.6 Å². The number of carbonyl (C=O) groups excluding carboxylic acids is 1. The number of rotatable bonds is 4. The number of aromatic nitrogens is 7. The summed E-state index contributed by atoms with van der Waals surface area (Å²) in [7, 11) is 0. The summed E-state index contributed by atoms with van der Waals surface area (Å²) in [4.78, 5) is 29.3. The molecule has 0 spiro atoms. The number of anilines is 1. The molecule has 0 aliphatic heterocycles. The van der Waals surface area contributed by atoms with Gasteiger partial charge < -0.3 is 5.32 Å². The number of amides is 1. The maximum absolute atomic E-state index is 12.1. The van der Waals surface area contributed by atoms with Gasteiger partial charge in [-0.05, 0) is 0 Å². The second kappa shape index (κ2) is 5.57. The average Bonchev–Trinajstić information content (AvgIpc) is 3.24. The summed E-state index contributed by atoms with van der Waals surface area (Å²) >= 11 is 1.52. The average molecular weight is 326 g/mol. The Labute approximate surface area is 133 Å². The molecule has 4 heterocycles. The Balaban J connectivity index is 1.48. The third kappa shape index (κ3) is 2.79. The van der Waals surface area contributed by atoms with Crippen LogP contribution in [-0.2, 0) is 11.2 Å². The molecule has 0 saturated heterocycles. The highest BCUT2D eigenvalue weighted by atomic mass is 32.1. The third-order valence-electron chi connectivity index (χ3n) is 3.06. The van der Waals surface area contributed by atoms with Crippen molar-refractivity contribution in [1.82, 2.24) is 34.1 Å². The third-order valence-corrected chi connectivity index (χ3v) is 3.83. The number of hydrogen-bond acceptors (Lipinski definition) is 7. The van der Waals surface area contributed by atoms with E-state index in [1.165, 1.54) is 35.0 Å². The smallest absolute Gasteiger partial charge is 0.231 e. The van der Waals surface area contributed by atoms with Crippen LogP contribution < -0.4 is 5.32 Å². The first-order valence-corrected chi connectivity index (χ1v) is 7.54. The van der Waals surface area contributed by atoms with Crippen LogP contribution in [0.25, 0.3) is 10.8 Å². The summed E-state index contributed by atoms with van der Waals surface area (Å²) in [6, 6.07) is 1.62. The van der Waals surface area contributed by atoms with E-state index in [2.05, 4.69) is 30.4 Å². The highest BCUT2D eigenvalue weighted by molar-refractivity contribution is 7.15. The van der Waals surface area contributed by atoms with Crippen LogP contribution in [-0.4, -0.2) is 40.0 Å². The Morgan fingerprint density at radius 3 is 3.09 bits per heavy atom. The topological polar surface area (TPSA) is 103 Å². The second-order valence-electron chi connectivity index (χ2n) is 4.65. The number of imidazole rings is 1. The van der Waals surface area contributed by atoms with Gasteiger partial charge in [0.2, 0.25) is 5.91 Å². The number of fused-ring (bicyclic) bond motifs is 1. The van der Waals surface area contributed by atoms with Crippen molar-refractivity contribution in [3.05, 3.63) is 48.5 Å². The van der Waals surface area contributed by atoms with Crippen LogP contribution in [0, 0.1) is 0 Å². The molecule has 0 atom stereocenters. The van der Waals surface area contributed by atoms with Crippen molar-refractivity contribution in [2.75, 3.05) is 5.32 Å². The molecule has 4 aromatic heterocycles. The Bertz CT molecular complexity index is 929. The summed E-state index contributed by atoms with van der Waals surface area (Å²) in [5.41, 5.74) is 0.708. The Morgan fingerprint density at radius 1 is 1.30 bits per heavy atom. The Morgan fingerprint density at radius 2 is 2.26 bits per heavy atom. The minimum atomic E-state index is -0.195. The molecular weight excluding hydrogens is 316 g/mol. The number of nitrogens with one attached hydrogen (secondary N) is 1. The second-order valence-corrected chi connectivity index (χ2v) is 5.52. The highest BCUT2D eigenvalue weighted by Gasteiger charge is 2.10. The zero-order valence-electron chi connectivity index (χ0n) is 11.7. The highest BCUT2D eigenvalue weighted by Crippen LogP contribution is 2.12. The molecule has 0 fully saturated rings. The molecule has 10 heteroatoms. The standard InChI is InChI=1S/C13H10N8OS/c22-12(3-9-5-20-1-2-23-13(20)18-9)19-10-4-11(16-7-15-10)21-8-14-6-17-21/h1-2,4-8H,3H2,(H,15,16,19,22). The molecule has 0 aliphatic rings. The van der Waals surface area contributed by atoms with Crippen molar-refractivity contribution in [3.8, 4) is 5.82 Å². The molecule has 23 heavy (non-hydrogen) atoms. The van der Waals surface area contributed by atoms with Gasteiger partial charge in [0.25, 0.3) is 0 Å². The van der Waals surface area contributed by atoms with E-state index < -0.39 is 0 Å². The minimum absolute atomic E-state index is 0.178. The first-order valence-electron chi connectivity index (χ1n) is 6.66. The predicted molar refractivity (Wildman–Crippen MR) is 82.4 cm³/mol. The quantitative estimate of drug-likeness (QED) is 0.599. The first kappa shape index (κ1) is 13.5. The number of nitrogens with zero attached hydrogens (tertiary/aromatic N) is 7. The van der Waals surface area contributed by atoms with E-state index in [-0.39, 0.29) is 12.3 Å². The molecule has 0 unspecified atom stereocenters.